The van der Waals surface area contributed by atoms with Crippen molar-refractivity contribution in [3.05, 3.63) is 35.9 Å². The van der Waals surface area contributed by atoms with Crippen LogP contribution in [0.5, 0.6) is 0 Å². The normalized spacial score (nSPS) is 15.4. The third kappa shape index (κ3) is 10.4. The number of alkyl carbamates (subject to hydrolysis) is 1. The molecular weight excluding hydrogens is 411 g/mol. The Morgan fingerprint density at radius 2 is 1.77 bits per heavy atom. The van der Waals surface area contributed by atoms with Gasteiger partial charge in [-0.2, -0.15) is 0 Å². The van der Waals surface area contributed by atoms with E-state index >= 15 is 0 Å². The SMILES string of the molecule is CC(NC(=O)C(Cc1ccccc1)CP(=O)(O)CCNC(=O)OC(C)(C)C)C(=O)O. The summed E-state index contributed by atoms with van der Waals surface area (Å²) in [6.07, 6.45) is -1.09. The highest BCUT2D eigenvalue weighted by atomic mass is 31.2. The lowest BCUT2D eigenvalue weighted by Crippen LogP contribution is -2.43. The van der Waals surface area contributed by atoms with E-state index < -0.39 is 42.9 Å². The maximum atomic E-state index is 12.7. The van der Waals surface area contributed by atoms with Gasteiger partial charge in [0.2, 0.25) is 13.3 Å². The van der Waals surface area contributed by atoms with Crippen LogP contribution in [0.2, 0.25) is 0 Å². The van der Waals surface area contributed by atoms with Gasteiger partial charge in [0.25, 0.3) is 0 Å². The molecule has 0 aliphatic rings. The van der Waals surface area contributed by atoms with Gasteiger partial charge in [-0.25, -0.2) is 4.79 Å². The number of carboxylic acid groups (broad SMARTS) is 1. The number of nitrogens with one attached hydrogen (secondary N) is 2. The second-order valence-corrected chi connectivity index (χ2v) is 10.6. The molecule has 1 aromatic rings. The van der Waals surface area contributed by atoms with E-state index in [2.05, 4.69) is 10.6 Å². The second-order valence-electron chi connectivity index (χ2n) is 8.14. The molecule has 0 bridgehead atoms. The van der Waals surface area contributed by atoms with Crippen molar-refractivity contribution in [3.8, 4) is 0 Å². The number of rotatable bonds is 10. The Kier molecular flexibility index (Phi) is 9.52. The molecule has 0 saturated heterocycles. The molecular formula is C20H31N2O7P. The van der Waals surface area contributed by atoms with Crippen LogP contribution in [0.3, 0.4) is 0 Å². The summed E-state index contributed by atoms with van der Waals surface area (Å²) < 4.78 is 17.7. The Balaban J connectivity index is 2.78. The number of ether oxygens (including phenoxy) is 1. The smallest absolute Gasteiger partial charge is 0.407 e. The fraction of sp³-hybridized carbons (Fsp3) is 0.550. The molecule has 3 atom stereocenters. The number of carbonyl (C=O) groups is 3. The van der Waals surface area contributed by atoms with E-state index in [1.165, 1.54) is 6.92 Å². The largest absolute Gasteiger partial charge is 0.480 e. The molecule has 0 fully saturated rings. The summed E-state index contributed by atoms with van der Waals surface area (Å²) in [6.45, 7) is 6.34. The van der Waals surface area contributed by atoms with Crippen LogP contribution in [0.15, 0.2) is 30.3 Å². The van der Waals surface area contributed by atoms with Gasteiger partial charge in [-0.15, -0.1) is 0 Å². The number of benzene rings is 1. The third-order valence-corrected chi connectivity index (χ3v) is 5.99. The zero-order valence-corrected chi connectivity index (χ0v) is 18.6. The van der Waals surface area contributed by atoms with Crippen molar-refractivity contribution in [2.75, 3.05) is 18.9 Å². The zero-order chi connectivity index (χ0) is 22.9. The van der Waals surface area contributed by atoms with Crippen LogP contribution in [0.4, 0.5) is 4.79 Å². The average Bonchev–Trinajstić information content (AvgIpc) is 2.59. The number of carbonyl (C=O) groups excluding carboxylic acids is 2. The van der Waals surface area contributed by atoms with Gasteiger partial charge in [-0.1, -0.05) is 30.3 Å². The minimum Gasteiger partial charge on any atom is -0.480 e. The molecule has 0 aromatic heterocycles. The maximum Gasteiger partial charge on any atom is 0.407 e. The van der Waals surface area contributed by atoms with Gasteiger partial charge in [0, 0.05) is 18.9 Å². The van der Waals surface area contributed by atoms with Gasteiger partial charge in [-0.05, 0) is 39.7 Å². The van der Waals surface area contributed by atoms with Crippen molar-refractivity contribution in [2.24, 2.45) is 5.92 Å². The van der Waals surface area contributed by atoms with Crippen LogP contribution in [0.25, 0.3) is 0 Å². The molecule has 1 rings (SSSR count). The summed E-state index contributed by atoms with van der Waals surface area (Å²) >= 11 is 0. The Labute approximate surface area is 176 Å². The third-order valence-electron chi connectivity index (χ3n) is 4.06. The molecule has 4 N–H and O–H groups in total. The second kappa shape index (κ2) is 11.1. The fourth-order valence-corrected chi connectivity index (χ4v) is 4.24. The van der Waals surface area contributed by atoms with Crippen molar-refractivity contribution < 1.29 is 33.7 Å². The molecule has 10 heteroatoms. The molecule has 168 valence electrons. The van der Waals surface area contributed by atoms with Gasteiger partial charge in [0.1, 0.15) is 11.6 Å². The number of aliphatic carboxylic acids is 1. The van der Waals surface area contributed by atoms with Gasteiger partial charge in [-0.3, -0.25) is 14.2 Å². The summed E-state index contributed by atoms with van der Waals surface area (Å²) in [5.74, 6) is -2.70. The van der Waals surface area contributed by atoms with Crippen LogP contribution in [0.1, 0.15) is 33.3 Å². The summed E-state index contributed by atoms with van der Waals surface area (Å²) in [6, 6.07) is 7.83. The lowest BCUT2D eigenvalue weighted by Gasteiger charge is -2.22. The van der Waals surface area contributed by atoms with Gasteiger partial charge in [0.05, 0.1) is 5.92 Å². The first-order chi connectivity index (χ1) is 13.8. The van der Waals surface area contributed by atoms with Crippen molar-refractivity contribution in [2.45, 2.75) is 45.8 Å². The maximum absolute atomic E-state index is 12.7. The Morgan fingerprint density at radius 1 is 1.17 bits per heavy atom. The first-order valence-electron chi connectivity index (χ1n) is 9.64. The number of hydrogen-bond donors (Lipinski definition) is 4. The van der Waals surface area contributed by atoms with Crippen LogP contribution in [-0.2, 0) is 25.3 Å². The first kappa shape index (κ1) is 25.7. The monoisotopic (exact) mass is 442 g/mol. The first-order valence-corrected chi connectivity index (χ1v) is 11.7. The van der Waals surface area contributed by atoms with Crippen molar-refractivity contribution in [1.82, 2.24) is 10.6 Å². The van der Waals surface area contributed by atoms with E-state index in [0.717, 1.165) is 5.56 Å². The van der Waals surface area contributed by atoms with E-state index in [0.29, 0.717) is 0 Å². The minimum absolute atomic E-state index is 0.0894. The Hall–Kier alpha value is -2.38. The van der Waals surface area contributed by atoms with Crippen LogP contribution >= 0.6 is 7.37 Å². The standard InChI is InChI=1S/C20H31N2O7P/c1-14(18(24)25)22-17(23)16(12-15-8-6-5-7-9-15)13-30(27,28)11-10-21-19(26)29-20(2,3)4/h5-9,14,16H,10-13H2,1-4H3,(H,21,26)(H,22,23)(H,24,25)(H,27,28). The molecule has 0 aliphatic heterocycles. The molecule has 0 saturated carbocycles. The number of hydrogen-bond acceptors (Lipinski definition) is 5. The Bertz CT molecular complexity index is 777. The molecule has 0 radical (unpaired) electrons. The van der Waals surface area contributed by atoms with Crippen molar-refractivity contribution in [3.63, 3.8) is 0 Å². The molecule has 9 nitrogen and oxygen atoms in total. The topological polar surface area (TPSA) is 142 Å². The minimum atomic E-state index is -3.79. The molecule has 1 aromatic carbocycles. The van der Waals surface area contributed by atoms with Gasteiger partial charge < -0.3 is 25.4 Å². The molecule has 2 amide bonds. The highest BCUT2D eigenvalue weighted by Gasteiger charge is 2.31. The molecule has 30 heavy (non-hydrogen) atoms. The molecule has 0 aliphatic carbocycles. The van der Waals surface area contributed by atoms with E-state index in [1.807, 2.05) is 6.07 Å². The van der Waals surface area contributed by atoms with Crippen molar-refractivity contribution >= 4 is 25.3 Å². The van der Waals surface area contributed by atoms with Gasteiger partial charge in [0.15, 0.2) is 0 Å². The predicted molar refractivity (Wildman–Crippen MR) is 113 cm³/mol. The number of amides is 2. The summed E-state index contributed by atoms with van der Waals surface area (Å²) in [5.41, 5.74) is 0.0969. The Morgan fingerprint density at radius 3 is 2.30 bits per heavy atom. The molecule has 0 heterocycles. The van der Waals surface area contributed by atoms with E-state index in [4.69, 9.17) is 9.84 Å². The highest BCUT2D eigenvalue weighted by Crippen LogP contribution is 2.42. The quantitative estimate of drug-likeness (QED) is 0.407. The van der Waals surface area contributed by atoms with Crippen LogP contribution in [-0.4, -0.2) is 58.5 Å². The predicted octanol–water partition coefficient (Wildman–Crippen LogP) is 2.23. The zero-order valence-electron chi connectivity index (χ0n) is 17.8. The van der Waals surface area contributed by atoms with E-state index in [-0.39, 0.29) is 25.3 Å². The average molecular weight is 442 g/mol. The molecule has 0 spiro atoms. The summed E-state index contributed by atoms with van der Waals surface area (Å²) in [5, 5.41) is 13.8. The lowest BCUT2D eigenvalue weighted by molar-refractivity contribution is -0.141. The van der Waals surface area contributed by atoms with Crippen molar-refractivity contribution in [1.29, 1.82) is 0 Å². The highest BCUT2D eigenvalue weighted by molar-refractivity contribution is 7.58. The van der Waals surface area contributed by atoms with Crippen LogP contribution < -0.4 is 10.6 Å². The lowest BCUT2D eigenvalue weighted by atomic mass is 10.00. The fourth-order valence-electron chi connectivity index (χ4n) is 2.61. The summed E-state index contributed by atoms with van der Waals surface area (Å²) in [7, 11) is -3.79. The summed E-state index contributed by atoms with van der Waals surface area (Å²) in [4.78, 5) is 45.7. The van der Waals surface area contributed by atoms with Gasteiger partial charge >= 0.3 is 12.1 Å². The number of carboxylic acids is 1. The van der Waals surface area contributed by atoms with Crippen LogP contribution in [0, 0.1) is 5.92 Å². The van der Waals surface area contributed by atoms with E-state index in [1.54, 1.807) is 45.0 Å². The van der Waals surface area contributed by atoms with E-state index in [9.17, 15) is 23.8 Å². The molecule has 3 unspecified atom stereocenters.